The molecule has 4 nitrogen and oxygen atoms in total. The molecule has 0 unspecified atom stereocenters. The van der Waals surface area contributed by atoms with E-state index in [9.17, 15) is 13.6 Å². The van der Waals surface area contributed by atoms with Gasteiger partial charge in [0.2, 0.25) is 0 Å². The molecule has 2 aromatic rings. The molecule has 1 atom stereocenters. The molecule has 0 aliphatic rings. The van der Waals surface area contributed by atoms with E-state index >= 15 is 0 Å². The highest BCUT2D eigenvalue weighted by Crippen LogP contribution is 2.24. The van der Waals surface area contributed by atoms with Gasteiger partial charge in [-0.05, 0) is 47.9 Å². The standard InChI is InChI=1S/C19H21F2NO3/c1-12(2)17(13-4-8-15(24-3)9-5-13)22-18(23)14-6-10-16(11-7-14)25-19(20)21/h4-12,17,19H,1-3H3,(H,22,23)/t17-/m1/s1. The smallest absolute Gasteiger partial charge is 0.387 e. The van der Waals surface area contributed by atoms with E-state index in [0.717, 1.165) is 11.3 Å². The lowest BCUT2D eigenvalue weighted by atomic mass is 9.95. The Morgan fingerprint density at radius 3 is 2.00 bits per heavy atom. The highest BCUT2D eigenvalue weighted by Gasteiger charge is 2.19. The van der Waals surface area contributed by atoms with Gasteiger partial charge in [-0.1, -0.05) is 26.0 Å². The van der Waals surface area contributed by atoms with Gasteiger partial charge in [-0.3, -0.25) is 4.79 Å². The highest BCUT2D eigenvalue weighted by atomic mass is 19.3. The number of amides is 1. The van der Waals surface area contributed by atoms with Gasteiger partial charge in [-0.25, -0.2) is 0 Å². The number of benzene rings is 2. The van der Waals surface area contributed by atoms with E-state index in [-0.39, 0.29) is 23.6 Å². The summed E-state index contributed by atoms with van der Waals surface area (Å²) in [7, 11) is 1.60. The lowest BCUT2D eigenvalue weighted by Crippen LogP contribution is -2.31. The van der Waals surface area contributed by atoms with Gasteiger partial charge in [0.15, 0.2) is 0 Å². The van der Waals surface area contributed by atoms with Crippen LogP contribution in [0, 0.1) is 5.92 Å². The molecule has 134 valence electrons. The maximum atomic E-state index is 12.5. The van der Waals surface area contributed by atoms with Crippen LogP contribution in [0.25, 0.3) is 0 Å². The number of rotatable bonds is 7. The van der Waals surface area contributed by atoms with Crippen LogP contribution in [0.5, 0.6) is 11.5 Å². The molecule has 0 spiro atoms. The molecule has 0 aliphatic heterocycles. The summed E-state index contributed by atoms with van der Waals surface area (Å²) < 4.78 is 33.8. The molecule has 6 heteroatoms. The average molecular weight is 349 g/mol. The number of carbonyl (C=O) groups is 1. The van der Waals surface area contributed by atoms with E-state index < -0.39 is 6.61 Å². The average Bonchev–Trinajstić information content (AvgIpc) is 2.59. The fourth-order valence-corrected chi connectivity index (χ4v) is 2.46. The molecule has 25 heavy (non-hydrogen) atoms. The Morgan fingerprint density at radius 1 is 0.960 bits per heavy atom. The Bertz CT molecular complexity index is 685. The third-order valence-corrected chi connectivity index (χ3v) is 3.77. The number of hydrogen-bond donors (Lipinski definition) is 1. The molecule has 2 aromatic carbocycles. The van der Waals surface area contributed by atoms with Crippen LogP contribution in [0.3, 0.4) is 0 Å². The van der Waals surface area contributed by atoms with Crippen molar-refractivity contribution in [1.29, 1.82) is 0 Å². The van der Waals surface area contributed by atoms with Gasteiger partial charge < -0.3 is 14.8 Å². The lowest BCUT2D eigenvalue weighted by molar-refractivity contribution is -0.0498. The molecule has 1 N–H and O–H groups in total. The van der Waals surface area contributed by atoms with Gasteiger partial charge >= 0.3 is 6.61 Å². The Balaban J connectivity index is 2.11. The zero-order chi connectivity index (χ0) is 18.4. The molecule has 0 fully saturated rings. The van der Waals surface area contributed by atoms with E-state index in [2.05, 4.69) is 10.1 Å². The molecular formula is C19H21F2NO3. The summed E-state index contributed by atoms with van der Waals surface area (Å²) in [6, 6.07) is 12.9. The van der Waals surface area contributed by atoms with Crippen LogP contribution < -0.4 is 14.8 Å². The minimum atomic E-state index is -2.89. The molecule has 2 rings (SSSR count). The van der Waals surface area contributed by atoms with Gasteiger partial charge in [-0.2, -0.15) is 8.78 Å². The number of nitrogens with one attached hydrogen (secondary N) is 1. The first-order valence-electron chi connectivity index (χ1n) is 7.90. The second kappa shape index (κ2) is 8.46. The molecule has 1 amide bonds. The number of hydrogen-bond acceptors (Lipinski definition) is 3. The van der Waals surface area contributed by atoms with Crippen molar-refractivity contribution in [2.24, 2.45) is 5.92 Å². The molecule has 0 heterocycles. The number of ether oxygens (including phenoxy) is 2. The zero-order valence-corrected chi connectivity index (χ0v) is 14.3. The lowest BCUT2D eigenvalue weighted by Gasteiger charge is -2.23. The summed E-state index contributed by atoms with van der Waals surface area (Å²) in [6.07, 6.45) is 0. The molecule has 0 saturated carbocycles. The summed E-state index contributed by atoms with van der Waals surface area (Å²) in [5.41, 5.74) is 1.34. The Kier molecular flexibility index (Phi) is 6.33. The van der Waals surface area contributed by atoms with Gasteiger partial charge in [0.05, 0.1) is 13.2 Å². The van der Waals surface area contributed by atoms with E-state index in [1.807, 2.05) is 38.1 Å². The quantitative estimate of drug-likeness (QED) is 0.805. The summed E-state index contributed by atoms with van der Waals surface area (Å²) in [5, 5.41) is 2.98. The number of methoxy groups -OCH3 is 1. The normalized spacial score (nSPS) is 12.1. The van der Waals surface area contributed by atoms with Crippen molar-refractivity contribution < 1.29 is 23.0 Å². The Morgan fingerprint density at radius 2 is 1.52 bits per heavy atom. The van der Waals surface area contributed by atoms with Crippen molar-refractivity contribution in [3.63, 3.8) is 0 Å². The predicted octanol–water partition coefficient (Wildman–Crippen LogP) is 4.42. The molecule has 0 saturated heterocycles. The van der Waals surface area contributed by atoms with E-state index in [1.165, 1.54) is 24.3 Å². The fraction of sp³-hybridized carbons (Fsp3) is 0.316. The minimum absolute atomic E-state index is 0.0158. The van der Waals surface area contributed by atoms with E-state index in [1.54, 1.807) is 7.11 Å². The first-order chi connectivity index (χ1) is 11.9. The van der Waals surface area contributed by atoms with Gasteiger partial charge in [0, 0.05) is 5.56 Å². The second-order valence-corrected chi connectivity index (χ2v) is 5.87. The second-order valence-electron chi connectivity index (χ2n) is 5.87. The topological polar surface area (TPSA) is 47.6 Å². The fourth-order valence-electron chi connectivity index (χ4n) is 2.46. The van der Waals surface area contributed by atoms with Crippen LogP contribution in [0.15, 0.2) is 48.5 Å². The van der Waals surface area contributed by atoms with Crippen LogP contribution >= 0.6 is 0 Å². The zero-order valence-electron chi connectivity index (χ0n) is 14.3. The van der Waals surface area contributed by atoms with Crippen molar-refractivity contribution in [3.05, 3.63) is 59.7 Å². The molecule has 0 radical (unpaired) electrons. The van der Waals surface area contributed by atoms with E-state index in [4.69, 9.17) is 4.74 Å². The summed E-state index contributed by atoms with van der Waals surface area (Å²) in [6.45, 7) is 1.13. The third kappa shape index (κ3) is 5.17. The molecule has 0 aromatic heterocycles. The first kappa shape index (κ1) is 18.7. The SMILES string of the molecule is COc1ccc([C@H](NC(=O)c2ccc(OC(F)F)cc2)C(C)C)cc1. The van der Waals surface area contributed by atoms with Crippen molar-refractivity contribution in [1.82, 2.24) is 5.32 Å². The van der Waals surface area contributed by atoms with Crippen molar-refractivity contribution in [2.75, 3.05) is 7.11 Å². The van der Waals surface area contributed by atoms with Crippen molar-refractivity contribution >= 4 is 5.91 Å². The minimum Gasteiger partial charge on any atom is -0.497 e. The largest absolute Gasteiger partial charge is 0.497 e. The monoisotopic (exact) mass is 349 g/mol. The number of alkyl halides is 2. The van der Waals surface area contributed by atoms with Crippen LogP contribution in [-0.2, 0) is 0 Å². The van der Waals surface area contributed by atoms with Crippen LogP contribution in [-0.4, -0.2) is 19.6 Å². The number of carbonyl (C=O) groups excluding carboxylic acids is 1. The molecule has 0 aliphatic carbocycles. The number of halogens is 2. The van der Waals surface area contributed by atoms with Crippen molar-refractivity contribution in [3.8, 4) is 11.5 Å². The van der Waals surface area contributed by atoms with Crippen LogP contribution in [0.4, 0.5) is 8.78 Å². The maximum absolute atomic E-state index is 12.5. The highest BCUT2D eigenvalue weighted by molar-refractivity contribution is 5.94. The third-order valence-electron chi connectivity index (χ3n) is 3.77. The summed E-state index contributed by atoms with van der Waals surface area (Å²) in [4.78, 5) is 12.5. The maximum Gasteiger partial charge on any atom is 0.387 e. The Labute approximate surface area is 145 Å². The first-order valence-corrected chi connectivity index (χ1v) is 7.90. The molecule has 0 bridgehead atoms. The van der Waals surface area contributed by atoms with Crippen molar-refractivity contribution in [2.45, 2.75) is 26.5 Å². The summed E-state index contributed by atoms with van der Waals surface area (Å²) in [5.74, 6) is 0.645. The van der Waals surface area contributed by atoms with Crippen LogP contribution in [0.2, 0.25) is 0 Å². The predicted molar refractivity (Wildman–Crippen MR) is 91.1 cm³/mol. The Hall–Kier alpha value is -2.63. The van der Waals surface area contributed by atoms with Gasteiger partial charge in [-0.15, -0.1) is 0 Å². The van der Waals surface area contributed by atoms with Crippen LogP contribution in [0.1, 0.15) is 35.8 Å². The van der Waals surface area contributed by atoms with Gasteiger partial charge in [0.1, 0.15) is 11.5 Å². The van der Waals surface area contributed by atoms with E-state index in [0.29, 0.717) is 5.56 Å². The van der Waals surface area contributed by atoms with Gasteiger partial charge in [0.25, 0.3) is 5.91 Å². The molecular weight excluding hydrogens is 328 g/mol. The summed E-state index contributed by atoms with van der Waals surface area (Å²) >= 11 is 0.